The van der Waals surface area contributed by atoms with Gasteiger partial charge in [-0.2, -0.15) is 11.8 Å². The molecule has 5 nitrogen and oxygen atoms in total. The molecule has 114 valence electrons. The van der Waals surface area contributed by atoms with E-state index in [1.54, 1.807) is 13.4 Å². The summed E-state index contributed by atoms with van der Waals surface area (Å²) in [6.07, 6.45) is 5.84. The summed E-state index contributed by atoms with van der Waals surface area (Å²) >= 11 is 1.85. The third-order valence-corrected chi connectivity index (χ3v) is 3.96. The van der Waals surface area contributed by atoms with Crippen LogP contribution in [0, 0.1) is 0 Å². The fraction of sp³-hybridized carbons (Fsp3) is 0.714. The van der Waals surface area contributed by atoms with E-state index in [9.17, 15) is 0 Å². The van der Waals surface area contributed by atoms with Gasteiger partial charge in [0.05, 0.1) is 7.11 Å². The highest BCUT2D eigenvalue weighted by molar-refractivity contribution is 7.98. The minimum Gasteiger partial charge on any atom is -0.490 e. The Balaban J connectivity index is 3.03. The maximum atomic E-state index is 5.53. The maximum absolute atomic E-state index is 5.53. The largest absolute Gasteiger partial charge is 0.490 e. The average Bonchev–Trinajstić information content (AvgIpc) is 2.49. The van der Waals surface area contributed by atoms with Crippen molar-refractivity contribution in [2.75, 3.05) is 42.9 Å². The lowest BCUT2D eigenvalue weighted by molar-refractivity contribution is 0.411. The summed E-state index contributed by atoms with van der Waals surface area (Å²) in [5.74, 6) is 3.41. The summed E-state index contributed by atoms with van der Waals surface area (Å²) in [5.41, 5.74) is 0. The quantitative estimate of drug-likeness (QED) is 0.756. The van der Waals surface area contributed by atoms with E-state index in [1.165, 1.54) is 0 Å². The molecule has 0 amide bonds. The Labute approximate surface area is 126 Å². The molecular formula is C14H26N4OS. The van der Waals surface area contributed by atoms with Crippen molar-refractivity contribution in [3.63, 3.8) is 0 Å². The second-order valence-corrected chi connectivity index (χ2v) is 5.54. The van der Waals surface area contributed by atoms with E-state index in [2.05, 4.69) is 47.3 Å². The molecule has 0 bridgehead atoms. The molecule has 1 unspecified atom stereocenters. The van der Waals surface area contributed by atoms with Gasteiger partial charge in [0.15, 0.2) is 11.6 Å². The van der Waals surface area contributed by atoms with E-state index in [4.69, 9.17) is 4.74 Å². The van der Waals surface area contributed by atoms with Crippen LogP contribution >= 0.6 is 11.8 Å². The third kappa shape index (κ3) is 4.16. The van der Waals surface area contributed by atoms with Gasteiger partial charge in [0.25, 0.3) is 0 Å². The zero-order valence-electron chi connectivity index (χ0n) is 13.1. The van der Waals surface area contributed by atoms with Crippen molar-refractivity contribution in [2.24, 2.45) is 0 Å². The van der Waals surface area contributed by atoms with Crippen molar-refractivity contribution in [1.82, 2.24) is 9.97 Å². The summed E-state index contributed by atoms with van der Waals surface area (Å²) in [6, 6.07) is 0.438. The lowest BCUT2D eigenvalue weighted by Gasteiger charge is -2.29. The number of thioether (sulfide) groups is 1. The highest BCUT2D eigenvalue weighted by Crippen LogP contribution is 2.32. The maximum Gasteiger partial charge on any atom is 0.204 e. The molecule has 6 heteroatoms. The number of rotatable bonds is 9. The zero-order valence-corrected chi connectivity index (χ0v) is 14.0. The lowest BCUT2D eigenvalue weighted by Crippen LogP contribution is -2.34. The van der Waals surface area contributed by atoms with Crippen molar-refractivity contribution in [3.8, 4) is 5.75 Å². The highest BCUT2D eigenvalue weighted by Gasteiger charge is 2.20. The summed E-state index contributed by atoms with van der Waals surface area (Å²) in [6.45, 7) is 5.19. The Morgan fingerprint density at radius 3 is 2.70 bits per heavy atom. The molecule has 0 aliphatic rings. The molecule has 0 aliphatic carbocycles. The van der Waals surface area contributed by atoms with Crippen molar-refractivity contribution in [3.05, 3.63) is 6.33 Å². The molecule has 0 aliphatic heterocycles. The fourth-order valence-electron chi connectivity index (χ4n) is 2.04. The lowest BCUT2D eigenvalue weighted by atomic mass is 10.2. The Morgan fingerprint density at radius 2 is 2.15 bits per heavy atom. The van der Waals surface area contributed by atoms with Crippen molar-refractivity contribution in [1.29, 1.82) is 0 Å². The predicted octanol–water partition coefficient (Wildman–Crippen LogP) is 2.88. The number of nitrogens with one attached hydrogen (secondary N) is 1. The molecule has 1 atom stereocenters. The predicted molar refractivity (Wildman–Crippen MR) is 88.2 cm³/mol. The van der Waals surface area contributed by atoms with Crippen LogP contribution in [0.3, 0.4) is 0 Å². The number of hydrogen-bond donors (Lipinski definition) is 1. The van der Waals surface area contributed by atoms with Gasteiger partial charge in [-0.25, -0.2) is 9.97 Å². The molecule has 1 aromatic heterocycles. The fourth-order valence-corrected chi connectivity index (χ4v) is 2.89. The molecule has 0 saturated carbocycles. The molecule has 0 aromatic carbocycles. The number of methoxy groups -OCH3 is 1. The summed E-state index contributed by atoms with van der Waals surface area (Å²) in [7, 11) is 3.74. The van der Waals surface area contributed by atoms with Gasteiger partial charge in [0, 0.05) is 25.4 Å². The number of aromatic nitrogens is 2. The van der Waals surface area contributed by atoms with Crippen molar-refractivity contribution >= 4 is 23.4 Å². The standard InChI is InChI=1S/C14H26N4OS/c1-6-8-15-13-12(19-4)14(17-10-16-13)18(3)11(7-2)9-20-5/h10-11H,6-9H2,1-5H3,(H,15,16,17). The van der Waals surface area contributed by atoms with E-state index in [0.29, 0.717) is 6.04 Å². The highest BCUT2D eigenvalue weighted by atomic mass is 32.2. The topological polar surface area (TPSA) is 50.3 Å². The van der Waals surface area contributed by atoms with Crippen LogP contribution < -0.4 is 15.0 Å². The first-order valence-corrected chi connectivity index (χ1v) is 8.43. The van der Waals surface area contributed by atoms with Crippen LogP contribution in [0.25, 0.3) is 0 Å². The summed E-state index contributed by atoms with van der Waals surface area (Å²) in [5, 5.41) is 3.29. The van der Waals surface area contributed by atoms with E-state index in [0.717, 1.165) is 42.5 Å². The van der Waals surface area contributed by atoms with Crippen LogP contribution in [0.5, 0.6) is 5.75 Å². The van der Waals surface area contributed by atoms with Crippen molar-refractivity contribution < 1.29 is 4.74 Å². The van der Waals surface area contributed by atoms with E-state index < -0.39 is 0 Å². The molecule has 1 heterocycles. The number of hydrogen-bond acceptors (Lipinski definition) is 6. The molecule has 0 radical (unpaired) electrons. The number of ether oxygens (including phenoxy) is 1. The van der Waals surface area contributed by atoms with Crippen LogP contribution in [0.1, 0.15) is 26.7 Å². The van der Waals surface area contributed by atoms with Crippen LogP contribution in [-0.4, -0.2) is 48.7 Å². The number of anilines is 2. The molecular weight excluding hydrogens is 272 g/mol. The molecule has 1 N–H and O–H groups in total. The first kappa shape index (κ1) is 16.9. The average molecular weight is 298 g/mol. The van der Waals surface area contributed by atoms with E-state index in [-0.39, 0.29) is 0 Å². The van der Waals surface area contributed by atoms with Gasteiger partial charge in [-0.05, 0) is 19.1 Å². The minimum atomic E-state index is 0.438. The van der Waals surface area contributed by atoms with Crippen LogP contribution in [0.4, 0.5) is 11.6 Å². The first-order valence-electron chi connectivity index (χ1n) is 7.04. The van der Waals surface area contributed by atoms with Crippen LogP contribution in [0.15, 0.2) is 6.33 Å². The van der Waals surface area contributed by atoms with Gasteiger partial charge in [0.1, 0.15) is 6.33 Å². The molecule has 0 spiro atoms. The summed E-state index contributed by atoms with van der Waals surface area (Å²) in [4.78, 5) is 10.9. The smallest absolute Gasteiger partial charge is 0.204 e. The molecule has 20 heavy (non-hydrogen) atoms. The second-order valence-electron chi connectivity index (χ2n) is 4.63. The molecule has 1 aromatic rings. The third-order valence-electron chi connectivity index (χ3n) is 3.24. The molecule has 1 rings (SSSR count). The molecule has 0 saturated heterocycles. The van der Waals surface area contributed by atoms with E-state index >= 15 is 0 Å². The van der Waals surface area contributed by atoms with Gasteiger partial charge in [-0.1, -0.05) is 13.8 Å². The number of nitrogens with zero attached hydrogens (tertiary/aromatic N) is 3. The SMILES string of the molecule is CCCNc1ncnc(N(C)C(CC)CSC)c1OC. The Kier molecular flexibility index (Phi) is 7.51. The minimum absolute atomic E-state index is 0.438. The van der Waals surface area contributed by atoms with Crippen LogP contribution in [-0.2, 0) is 0 Å². The second kappa shape index (κ2) is 8.89. The van der Waals surface area contributed by atoms with Gasteiger partial charge < -0.3 is 15.0 Å². The normalized spacial score (nSPS) is 12.1. The summed E-state index contributed by atoms with van der Waals surface area (Å²) < 4.78 is 5.53. The Hall–Kier alpha value is -1.17. The first-order chi connectivity index (χ1) is 9.69. The van der Waals surface area contributed by atoms with Crippen molar-refractivity contribution in [2.45, 2.75) is 32.7 Å². The zero-order chi connectivity index (χ0) is 15.0. The van der Waals surface area contributed by atoms with E-state index in [1.807, 2.05) is 11.8 Å². The van der Waals surface area contributed by atoms with Gasteiger partial charge in [0.2, 0.25) is 5.75 Å². The van der Waals surface area contributed by atoms with Crippen LogP contribution in [0.2, 0.25) is 0 Å². The monoisotopic (exact) mass is 298 g/mol. The van der Waals surface area contributed by atoms with Gasteiger partial charge in [-0.3, -0.25) is 0 Å². The Bertz CT molecular complexity index is 403. The Morgan fingerprint density at radius 1 is 1.40 bits per heavy atom. The molecule has 0 fully saturated rings. The van der Waals surface area contributed by atoms with Gasteiger partial charge >= 0.3 is 0 Å². The van der Waals surface area contributed by atoms with Gasteiger partial charge in [-0.15, -0.1) is 0 Å².